The van der Waals surface area contributed by atoms with Crippen molar-refractivity contribution < 1.29 is 9.59 Å². The summed E-state index contributed by atoms with van der Waals surface area (Å²) in [5.74, 6) is 0.0782. The Kier molecular flexibility index (Phi) is 6.30. The molecule has 1 aromatic carbocycles. The number of nitrogens with zero attached hydrogens (tertiary/aromatic N) is 3. The lowest BCUT2D eigenvalue weighted by atomic mass is 10.1. The summed E-state index contributed by atoms with van der Waals surface area (Å²) in [5.41, 5.74) is 0.701. The summed E-state index contributed by atoms with van der Waals surface area (Å²) in [6.07, 6.45) is 2.96. The number of likely N-dealkylation sites (tertiary alicyclic amines) is 1. The van der Waals surface area contributed by atoms with Crippen LogP contribution in [0.4, 0.5) is 9.93 Å². The molecule has 0 aliphatic carbocycles. The quantitative estimate of drug-likeness (QED) is 0.760. The van der Waals surface area contributed by atoms with Gasteiger partial charge in [0.2, 0.25) is 5.13 Å². The summed E-state index contributed by atoms with van der Waals surface area (Å²) in [5, 5.41) is 14.9. The zero-order chi connectivity index (χ0) is 18.4. The van der Waals surface area contributed by atoms with E-state index < -0.39 is 0 Å². The molecule has 0 saturated carbocycles. The number of rotatable bonds is 6. The SMILES string of the molecule is CN1CCCC(NC(=O)Nc2nnc(CCC(=O)c3ccccc3)s2)C1. The third-order valence-electron chi connectivity index (χ3n) is 4.31. The number of aromatic nitrogens is 2. The highest BCUT2D eigenvalue weighted by Gasteiger charge is 2.19. The Bertz CT molecular complexity index is 749. The van der Waals surface area contributed by atoms with Gasteiger partial charge < -0.3 is 10.2 Å². The molecule has 2 amide bonds. The lowest BCUT2D eigenvalue weighted by molar-refractivity contribution is 0.0982. The number of anilines is 1. The van der Waals surface area contributed by atoms with Crippen molar-refractivity contribution in [3.05, 3.63) is 40.9 Å². The number of carbonyl (C=O) groups excluding carboxylic acids is 2. The van der Waals surface area contributed by atoms with E-state index in [-0.39, 0.29) is 17.9 Å². The number of piperidine rings is 1. The normalized spacial score (nSPS) is 17.7. The second kappa shape index (κ2) is 8.86. The highest BCUT2D eigenvalue weighted by atomic mass is 32.1. The fourth-order valence-electron chi connectivity index (χ4n) is 3.00. The molecule has 3 rings (SSSR count). The fourth-order valence-corrected chi connectivity index (χ4v) is 3.73. The lowest BCUT2D eigenvalue weighted by Crippen LogP contribution is -2.47. The zero-order valence-corrected chi connectivity index (χ0v) is 15.6. The van der Waals surface area contributed by atoms with Gasteiger partial charge in [-0.05, 0) is 26.4 Å². The van der Waals surface area contributed by atoms with Gasteiger partial charge in [0.15, 0.2) is 5.78 Å². The molecule has 1 saturated heterocycles. The number of Topliss-reactive ketones (excluding diaryl/α,β-unsaturated/α-hetero) is 1. The van der Waals surface area contributed by atoms with Gasteiger partial charge in [0, 0.05) is 31.0 Å². The van der Waals surface area contributed by atoms with Crippen LogP contribution in [-0.2, 0) is 6.42 Å². The third kappa shape index (κ3) is 5.34. The fraction of sp³-hybridized carbons (Fsp3) is 0.444. The second-order valence-corrected chi connectivity index (χ2v) is 7.55. The van der Waals surface area contributed by atoms with Crippen LogP contribution in [0.3, 0.4) is 0 Å². The molecule has 1 atom stereocenters. The number of ketones is 1. The van der Waals surface area contributed by atoms with E-state index >= 15 is 0 Å². The van der Waals surface area contributed by atoms with Crippen LogP contribution >= 0.6 is 11.3 Å². The second-order valence-electron chi connectivity index (χ2n) is 6.49. The average molecular weight is 373 g/mol. The van der Waals surface area contributed by atoms with Crippen LogP contribution in [0, 0.1) is 0 Å². The Labute approximate surface area is 156 Å². The van der Waals surface area contributed by atoms with E-state index in [1.165, 1.54) is 11.3 Å². The largest absolute Gasteiger partial charge is 0.334 e. The van der Waals surface area contributed by atoms with Gasteiger partial charge in [0.05, 0.1) is 0 Å². The van der Waals surface area contributed by atoms with Crippen LogP contribution in [0.2, 0.25) is 0 Å². The van der Waals surface area contributed by atoms with Crippen molar-refractivity contribution in [3.63, 3.8) is 0 Å². The highest BCUT2D eigenvalue weighted by Crippen LogP contribution is 2.18. The molecule has 1 aliphatic heterocycles. The van der Waals surface area contributed by atoms with Gasteiger partial charge in [-0.3, -0.25) is 10.1 Å². The molecule has 0 bridgehead atoms. The zero-order valence-electron chi connectivity index (χ0n) is 14.8. The van der Waals surface area contributed by atoms with Crippen molar-refractivity contribution in [2.24, 2.45) is 0 Å². The van der Waals surface area contributed by atoms with E-state index in [1.54, 1.807) is 0 Å². The summed E-state index contributed by atoms with van der Waals surface area (Å²) in [6.45, 7) is 1.93. The van der Waals surface area contributed by atoms with E-state index in [4.69, 9.17) is 0 Å². The monoisotopic (exact) mass is 373 g/mol. The van der Waals surface area contributed by atoms with Crippen molar-refractivity contribution in [1.29, 1.82) is 0 Å². The molecule has 138 valence electrons. The molecule has 26 heavy (non-hydrogen) atoms. The molecule has 1 fully saturated rings. The maximum absolute atomic E-state index is 12.1. The van der Waals surface area contributed by atoms with Crippen LogP contribution in [0.15, 0.2) is 30.3 Å². The Hall–Kier alpha value is -2.32. The molecule has 1 aliphatic rings. The van der Waals surface area contributed by atoms with Gasteiger partial charge in [-0.15, -0.1) is 10.2 Å². The maximum Gasteiger partial charge on any atom is 0.321 e. The predicted molar refractivity (Wildman–Crippen MR) is 102 cm³/mol. The molecule has 1 unspecified atom stereocenters. The molecular weight excluding hydrogens is 350 g/mol. The number of hydrogen-bond acceptors (Lipinski definition) is 6. The van der Waals surface area contributed by atoms with Crippen LogP contribution < -0.4 is 10.6 Å². The summed E-state index contributed by atoms with van der Waals surface area (Å²) in [6, 6.07) is 9.10. The van der Waals surface area contributed by atoms with E-state index in [9.17, 15) is 9.59 Å². The summed E-state index contributed by atoms with van der Waals surface area (Å²) >= 11 is 1.30. The minimum absolute atomic E-state index is 0.0782. The Morgan fingerprint density at radius 2 is 2.08 bits per heavy atom. The molecule has 8 heteroatoms. The lowest BCUT2D eigenvalue weighted by Gasteiger charge is -2.29. The van der Waals surface area contributed by atoms with Gasteiger partial charge in [-0.2, -0.15) is 0 Å². The standard InChI is InChI=1S/C18H23N5O2S/c1-23-11-5-8-14(12-23)19-17(25)20-18-22-21-16(26-18)10-9-15(24)13-6-3-2-4-7-13/h2-4,6-7,14H,5,8-12H2,1H3,(H2,19,20,22,25). The van der Waals surface area contributed by atoms with Crippen molar-refractivity contribution in [2.75, 3.05) is 25.5 Å². The maximum atomic E-state index is 12.1. The first-order valence-corrected chi connectivity index (χ1v) is 9.58. The van der Waals surface area contributed by atoms with Crippen molar-refractivity contribution in [2.45, 2.75) is 31.7 Å². The third-order valence-corrected chi connectivity index (χ3v) is 5.21. The van der Waals surface area contributed by atoms with Crippen molar-refractivity contribution >= 4 is 28.3 Å². The highest BCUT2D eigenvalue weighted by molar-refractivity contribution is 7.15. The number of likely N-dealkylation sites (N-methyl/N-ethyl adjacent to an activating group) is 1. The van der Waals surface area contributed by atoms with Gasteiger partial charge >= 0.3 is 6.03 Å². The summed E-state index contributed by atoms with van der Waals surface area (Å²) < 4.78 is 0. The van der Waals surface area contributed by atoms with Gasteiger partial charge in [-0.25, -0.2) is 4.79 Å². The Morgan fingerprint density at radius 3 is 2.85 bits per heavy atom. The van der Waals surface area contributed by atoms with Gasteiger partial charge in [0.25, 0.3) is 0 Å². The minimum Gasteiger partial charge on any atom is -0.334 e. The Balaban J connectivity index is 1.45. The first-order valence-electron chi connectivity index (χ1n) is 8.77. The number of benzene rings is 1. The molecule has 2 aromatic rings. The molecule has 0 spiro atoms. The van der Waals surface area contributed by atoms with Gasteiger partial charge in [0.1, 0.15) is 5.01 Å². The average Bonchev–Trinajstić information content (AvgIpc) is 3.07. The van der Waals surface area contributed by atoms with E-state index in [0.717, 1.165) is 30.9 Å². The number of aryl methyl sites for hydroxylation is 1. The van der Waals surface area contributed by atoms with E-state index in [2.05, 4.69) is 32.8 Å². The summed E-state index contributed by atoms with van der Waals surface area (Å²) in [4.78, 5) is 26.4. The first kappa shape index (κ1) is 18.5. The molecular formula is C18H23N5O2S. The summed E-state index contributed by atoms with van der Waals surface area (Å²) in [7, 11) is 2.06. The predicted octanol–water partition coefficient (Wildman–Crippen LogP) is 2.57. The van der Waals surface area contributed by atoms with Crippen LogP contribution in [-0.4, -0.2) is 53.1 Å². The van der Waals surface area contributed by atoms with Crippen LogP contribution in [0.1, 0.15) is 34.6 Å². The molecule has 2 N–H and O–H groups in total. The smallest absolute Gasteiger partial charge is 0.321 e. The van der Waals surface area contributed by atoms with Crippen LogP contribution in [0.25, 0.3) is 0 Å². The molecule has 2 heterocycles. The minimum atomic E-state index is -0.256. The van der Waals surface area contributed by atoms with Gasteiger partial charge in [-0.1, -0.05) is 41.7 Å². The van der Waals surface area contributed by atoms with E-state index in [0.29, 0.717) is 23.5 Å². The Morgan fingerprint density at radius 1 is 1.27 bits per heavy atom. The van der Waals surface area contributed by atoms with Crippen molar-refractivity contribution in [1.82, 2.24) is 20.4 Å². The topological polar surface area (TPSA) is 87.2 Å². The number of carbonyl (C=O) groups is 2. The first-order chi connectivity index (χ1) is 12.6. The molecule has 7 nitrogen and oxygen atoms in total. The number of hydrogen-bond donors (Lipinski definition) is 2. The molecule has 1 aromatic heterocycles. The van der Waals surface area contributed by atoms with Crippen LogP contribution in [0.5, 0.6) is 0 Å². The number of amides is 2. The van der Waals surface area contributed by atoms with Crippen molar-refractivity contribution in [3.8, 4) is 0 Å². The number of urea groups is 1. The van der Waals surface area contributed by atoms with E-state index in [1.807, 2.05) is 30.3 Å². The number of nitrogens with one attached hydrogen (secondary N) is 2. The molecule has 0 radical (unpaired) electrons.